The molecule has 0 amide bonds. The number of rotatable bonds is 4. The summed E-state index contributed by atoms with van der Waals surface area (Å²) < 4.78 is 12.6. The van der Waals surface area contributed by atoms with E-state index in [1.165, 1.54) is 0 Å². The highest BCUT2D eigenvalue weighted by Gasteiger charge is 2.07. The molecule has 5 heteroatoms. The lowest BCUT2D eigenvalue weighted by Gasteiger charge is -2.06. The molecule has 1 aromatic heterocycles. The Kier molecular flexibility index (Phi) is 3.18. The van der Waals surface area contributed by atoms with E-state index in [-0.39, 0.29) is 0 Å². The van der Waals surface area contributed by atoms with Crippen LogP contribution in [-0.4, -0.2) is 16.4 Å². The van der Waals surface area contributed by atoms with E-state index in [1.54, 1.807) is 24.0 Å². The van der Waals surface area contributed by atoms with Gasteiger partial charge in [0.25, 0.3) is 5.88 Å². The zero-order valence-corrected chi connectivity index (χ0v) is 9.88. The molecule has 0 radical (unpaired) electrons. The van der Waals surface area contributed by atoms with E-state index in [2.05, 4.69) is 5.10 Å². The molecule has 0 atom stereocenters. The van der Waals surface area contributed by atoms with Gasteiger partial charge in [-0.25, -0.2) is 0 Å². The number of anilines is 1. The van der Waals surface area contributed by atoms with Gasteiger partial charge in [-0.3, -0.25) is 4.68 Å². The molecule has 0 aliphatic heterocycles. The van der Waals surface area contributed by atoms with Crippen molar-refractivity contribution in [1.82, 2.24) is 9.78 Å². The van der Waals surface area contributed by atoms with Crippen molar-refractivity contribution in [2.45, 2.75) is 6.92 Å². The maximum Gasteiger partial charge on any atom is 0.261 e. The van der Waals surface area contributed by atoms with E-state index in [1.807, 2.05) is 25.1 Å². The summed E-state index contributed by atoms with van der Waals surface area (Å²) >= 11 is 0. The van der Waals surface area contributed by atoms with E-state index in [0.717, 1.165) is 5.75 Å². The second kappa shape index (κ2) is 4.78. The highest BCUT2D eigenvalue weighted by Crippen LogP contribution is 2.27. The summed E-state index contributed by atoms with van der Waals surface area (Å²) in [6.07, 6.45) is 1.70. The van der Waals surface area contributed by atoms with Gasteiger partial charge in [0.15, 0.2) is 0 Å². The minimum atomic E-state index is 0.404. The fraction of sp³-hybridized carbons (Fsp3) is 0.250. The molecular formula is C12H15N3O2. The smallest absolute Gasteiger partial charge is 0.261 e. The lowest BCUT2D eigenvalue weighted by Crippen LogP contribution is -1.93. The normalized spacial score (nSPS) is 10.2. The number of hydrogen-bond acceptors (Lipinski definition) is 4. The Morgan fingerprint density at radius 1 is 1.35 bits per heavy atom. The SMILES string of the molecule is CCOc1cccc(Oc2nn(C)cc2N)c1. The van der Waals surface area contributed by atoms with Crippen molar-refractivity contribution >= 4 is 5.69 Å². The van der Waals surface area contributed by atoms with E-state index in [4.69, 9.17) is 15.2 Å². The monoisotopic (exact) mass is 233 g/mol. The van der Waals surface area contributed by atoms with Gasteiger partial charge >= 0.3 is 0 Å². The van der Waals surface area contributed by atoms with Crippen LogP contribution in [0.3, 0.4) is 0 Å². The van der Waals surface area contributed by atoms with Gasteiger partial charge in [0.05, 0.1) is 12.8 Å². The van der Waals surface area contributed by atoms with Crippen molar-refractivity contribution in [3.8, 4) is 17.4 Å². The first-order valence-electron chi connectivity index (χ1n) is 5.39. The summed E-state index contributed by atoms with van der Waals surface area (Å²) in [4.78, 5) is 0. The van der Waals surface area contributed by atoms with Crippen molar-refractivity contribution in [2.24, 2.45) is 7.05 Å². The molecule has 17 heavy (non-hydrogen) atoms. The largest absolute Gasteiger partial charge is 0.494 e. The molecule has 0 saturated carbocycles. The van der Waals surface area contributed by atoms with Gasteiger partial charge in [-0.05, 0) is 19.1 Å². The van der Waals surface area contributed by atoms with Crippen LogP contribution in [-0.2, 0) is 7.05 Å². The van der Waals surface area contributed by atoms with Gasteiger partial charge in [0.2, 0.25) is 0 Å². The Labute approximate surface area is 99.8 Å². The summed E-state index contributed by atoms with van der Waals surface area (Å²) in [5, 5.41) is 4.11. The number of ether oxygens (including phenoxy) is 2. The first kappa shape index (κ1) is 11.3. The number of benzene rings is 1. The summed E-state index contributed by atoms with van der Waals surface area (Å²) in [6.45, 7) is 2.56. The van der Waals surface area contributed by atoms with E-state index in [9.17, 15) is 0 Å². The second-order valence-corrected chi connectivity index (χ2v) is 3.57. The Balaban J connectivity index is 2.18. The molecule has 2 N–H and O–H groups in total. The summed E-state index contributed by atoms with van der Waals surface area (Å²) in [7, 11) is 1.79. The lowest BCUT2D eigenvalue weighted by atomic mass is 10.3. The van der Waals surface area contributed by atoms with Crippen LogP contribution in [0.25, 0.3) is 0 Å². The van der Waals surface area contributed by atoms with Gasteiger partial charge in [0.1, 0.15) is 17.2 Å². The Hall–Kier alpha value is -2.17. The molecule has 5 nitrogen and oxygen atoms in total. The molecule has 2 rings (SSSR count). The van der Waals surface area contributed by atoms with Crippen LogP contribution in [0.1, 0.15) is 6.92 Å². The van der Waals surface area contributed by atoms with Crippen molar-refractivity contribution in [3.63, 3.8) is 0 Å². The third kappa shape index (κ3) is 2.69. The number of aryl methyl sites for hydroxylation is 1. The number of nitrogens with two attached hydrogens (primary N) is 1. The molecule has 90 valence electrons. The molecular weight excluding hydrogens is 218 g/mol. The van der Waals surface area contributed by atoms with Crippen LogP contribution in [0.2, 0.25) is 0 Å². The second-order valence-electron chi connectivity index (χ2n) is 3.57. The van der Waals surface area contributed by atoms with Crippen molar-refractivity contribution in [1.29, 1.82) is 0 Å². The standard InChI is InChI=1S/C12H15N3O2/c1-3-16-9-5-4-6-10(7-9)17-12-11(13)8-15(2)14-12/h4-8H,3,13H2,1-2H3. The molecule has 1 aromatic carbocycles. The number of hydrogen-bond donors (Lipinski definition) is 1. The number of aromatic nitrogens is 2. The maximum absolute atomic E-state index is 5.75. The number of nitrogens with zero attached hydrogens (tertiary/aromatic N) is 2. The molecule has 0 aliphatic rings. The minimum absolute atomic E-state index is 0.404. The fourth-order valence-corrected chi connectivity index (χ4v) is 1.47. The minimum Gasteiger partial charge on any atom is -0.494 e. The molecule has 0 bridgehead atoms. The van der Waals surface area contributed by atoms with Crippen molar-refractivity contribution in [2.75, 3.05) is 12.3 Å². The molecule has 0 unspecified atom stereocenters. The van der Waals surface area contributed by atoms with Crippen molar-refractivity contribution in [3.05, 3.63) is 30.5 Å². The van der Waals surface area contributed by atoms with Gasteiger partial charge < -0.3 is 15.2 Å². The van der Waals surface area contributed by atoms with Crippen LogP contribution in [0.5, 0.6) is 17.4 Å². The van der Waals surface area contributed by atoms with E-state index < -0.39 is 0 Å². The van der Waals surface area contributed by atoms with E-state index >= 15 is 0 Å². The zero-order chi connectivity index (χ0) is 12.3. The molecule has 0 saturated heterocycles. The topological polar surface area (TPSA) is 62.3 Å². The van der Waals surface area contributed by atoms with Crippen LogP contribution < -0.4 is 15.2 Å². The Morgan fingerprint density at radius 3 is 2.76 bits per heavy atom. The predicted octanol–water partition coefficient (Wildman–Crippen LogP) is 2.19. The average molecular weight is 233 g/mol. The first-order valence-corrected chi connectivity index (χ1v) is 5.39. The van der Waals surface area contributed by atoms with Gasteiger partial charge in [0, 0.05) is 13.1 Å². The molecule has 1 heterocycles. The van der Waals surface area contributed by atoms with E-state index in [0.29, 0.717) is 23.9 Å². The molecule has 0 fully saturated rings. The Morgan fingerprint density at radius 2 is 2.12 bits per heavy atom. The molecule has 0 aliphatic carbocycles. The van der Waals surface area contributed by atoms with Crippen LogP contribution >= 0.6 is 0 Å². The number of nitrogen functional groups attached to an aromatic ring is 1. The molecule has 0 spiro atoms. The average Bonchev–Trinajstić information content (AvgIpc) is 2.58. The maximum atomic E-state index is 5.75. The Bertz CT molecular complexity index is 508. The predicted molar refractivity (Wildman–Crippen MR) is 65.3 cm³/mol. The summed E-state index contributed by atoms with van der Waals surface area (Å²) in [6, 6.07) is 7.37. The first-order chi connectivity index (χ1) is 8.19. The van der Waals surface area contributed by atoms with Crippen LogP contribution in [0.15, 0.2) is 30.5 Å². The molecule has 2 aromatic rings. The third-order valence-corrected chi connectivity index (χ3v) is 2.15. The zero-order valence-electron chi connectivity index (χ0n) is 9.88. The summed E-state index contributed by atoms with van der Waals surface area (Å²) in [5.74, 6) is 1.82. The third-order valence-electron chi connectivity index (χ3n) is 2.15. The highest BCUT2D eigenvalue weighted by atomic mass is 16.5. The van der Waals surface area contributed by atoms with Crippen LogP contribution in [0.4, 0.5) is 5.69 Å². The summed E-state index contributed by atoms with van der Waals surface area (Å²) in [5.41, 5.74) is 6.25. The van der Waals surface area contributed by atoms with Gasteiger partial charge in [-0.2, -0.15) is 0 Å². The fourth-order valence-electron chi connectivity index (χ4n) is 1.47. The van der Waals surface area contributed by atoms with Gasteiger partial charge in [-0.1, -0.05) is 6.07 Å². The lowest BCUT2D eigenvalue weighted by molar-refractivity contribution is 0.338. The van der Waals surface area contributed by atoms with Crippen LogP contribution in [0, 0.1) is 0 Å². The quantitative estimate of drug-likeness (QED) is 0.879. The highest BCUT2D eigenvalue weighted by molar-refractivity contribution is 5.48. The van der Waals surface area contributed by atoms with Gasteiger partial charge in [-0.15, -0.1) is 5.10 Å². The van der Waals surface area contributed by atoms with Crippen molar-refractivity contribution < 1.29 is 9.47 Å².